The standard InChI is InChI=1S/C23H24F2N6O3/c1-11-14(7-29-22-21(11)27-3-4-34-22)13-5-12-6-18(28-8-15(12)20(26)19(13)25)31(23(32)33)17-10-30(2)9-16(17)24/h5-8,16-17,27H,3-4,9-10,26H2,1-2H3,(H,32,33)/t16-,17+/m1/s1. The van der Waals surface area contributed by atoms with E-state index in [9.17, 15) is 14.3 Å². The average Bonchev–Trinajstić information content (AvgIpc) is 3.14. The van der Waals surface area contributed by atoms with Gasteiger partial charge in [-0.2, -0.15) is 0 Å². The summed E-state index contributed by atoms with van der Waals surface area (Å²) in [6, 6.07) is 2.18. The summed E-state index contributed by atoms with van der Waals surface area (Å²) >= 11 is 0. The van der Waals surface area contributed by atoms with E-state index in [0.29, 0.717) is 41.1 Å². The topological polar surface area (TPSA) is 117 Å². The van der Waals surface area contributed by atoms with Crippen molar-refractivity contribution in [3.8, 4) is 17.0 Å². The highest BCUT2D eigenvalue weighted by Gasteiger charge is 2.39. The van der Waals surface area contributed by atoms with Crippen LogP contribution in [0, 0.1) is 12.7 Å². The summed E-state index contributed by atoms with van der Waals surface area (Å²) in [4.78, 5) is 23.2. The van der Waals surface area contributed by atoms with Gasteiger partial charge in [-0.25, -0.2) is 23.5 Å². The number of halogens is 2. The van der Waals surface area contributed by atoms with Crippen LogP contribution in [0.25, 0.3) is 21.9 Å². The van der Waals surface area contributed by atoms with Crippen molar-refractivity contribution >= 4 is 34.1 Å². The van der Waals surface area contributed by atoms with Crippen LogP contribution in [0.4, 0.5) is 30.8 Å². The number of nitrogens with zero attached hydrogens (tertiary/aromatic N) is 4. The third-order valence-corrected chi connectivity index (χ3v) is 6.41. The third-order valence-electron chi connectivity index (χ3n) is 6.41. The number of anilines is 3. The van der Waals surface area contributed by atoms with Crippen molar-refractivity contribution in [2.75, 3.05) is 49.2 Å². The Balaban J connectivity index is 1.64. The maximum absolute atomic E-state index is 15.4. The first-order chi connectivity index (χ1) is 16.3. The number of carbonyl (C=O) groups is 1. The molecule has 2 aromatic heterocycles. The van der Waals surface area contributed by atoms with E-state index in [0.717, 1.165) is 10.5 Å². The predicted molar refractivity (Wildman–Crippen MR) is 125 cm³/mol. The highest BCUT2D eigenvalue weighted by Crippen LogP contribution is 2.40. The maximum Gasteiger partial charge on any atom is 0.413 e. The molecule has 0 bridgehead atoms. The minimum absolute atomic E-state index is 0.0512. The molecule has 0 unspecified atom stereocenters. The number of hydrogen-bond donors (Lipinski definition) is 3. The van der Waals surface area contributed by atoms with Crippen LogP contribution < -0.4 is 20.7 Å². The Bertz CT molecular complexity index is 1300. The van der Waals surface area contributed by atoms with E-state index >= 15 is 4.39 Å². The number of ether oxygens (including phenoxy) is 1. The number of likely N-dealkylation sites (tertiary alicyclic amines) is 1. The van der Waals surface area contributed by atoms with Gasteiger partial charge in [0, 0.05) is 48.5 Å². The first-order valence-corrected chi connectivity index (χ1v) is 10.9. The summed E-state index contributed by atoms with van der Waals surface area (Å²) in [6.07, 6.45) is 0.179. The Labute approximate surface area is 194 Å². The molecule has 34 heavy (non-hydrogen) atoms. The summed E-state index contributed by atoms with van der Waals surface area (Å²) in [7, 11) is 1.73. The van der Waals surface area contributed by atoms with Crippen LogP contribution in [0.2, 0.25) is 0 Å². The largest absolute Gasteiger partial charge is 0.474 e. The molecule has 178 valence electrons. The van der Waals surface area contributed by atoms with Gasteiger partial charge in [0.05, 0.1) is 11.7 Å². The average molecular weight is 470 g/mol. The fourth-order valence-electron chi connectivity index (χ4n) is 4.69. The van der Waals surface area contributed by atoms with Gasteiger partial charge in [-0.05, 0) is 37.1 Å². The number of carboxylic acid groups (broad SMARTS) is 1. The van der Waals surface area contributed by atoms with Crippen LogP contribution in [-0.4, -0.2) is 71.6 Å². The number of benzene rings is 1. The van der Waals surface area contributed by atoms with Crippen molar-refractivity contribution in [3.63, 3.8) is 0 Å². The molecule has 0 radical (unpaired) electrons. The normalized spacial score (nSPS) is 20.0. The van der Waals surface area contributed by atoms with E-state index in [4.69, 9.17) is 10.5 Å². The number of fused-ring (bicyclic) bond motifs is 2. The van der Waals surface area contributed by atoms with Gasteiger partial charge >= 0.3 is 6.09 Å². The quantitative estimate of drug-likeness (QED) is 0.500. The summed E-state index contributed by atoms with van der Waals surface area (Å²) in [6.45, 7) is 3.29. The molecule has 3 aromatic rings. The molecule has 4 N–H and O–H groups in total. The number of alkyl halides is 1. The number of rotatable bonds is 3. The van der Waals surface area contributed by atoms with Gasteiger partial charge in [0.15, 0.2) is 5.82 Å². The molecule has 0 aliphatic carbocycles. The zero-order valence-electron chi connectivity index (χ0n) is 18.7. The zero-order chi connectivity index (χ0) is 24.1. The van der Waals surface area contributed by atoms with Crippen LogP contribution in [0.3, 0.4) is 0 Å². The lowest BCUT2D eigenvalue weighted by Crippen LogP contribution is -2.45. The Kier molecular flexibility index (Phi) is 5.35. The molecule has 0 saturated carbocycles. The number of pyridine rings is 2. The second-order valence-electron chi connectivity index (χ2n) is 8.62. The van der Waals surface area contributed by atoms with Gasteiger partial charge in [-0.1, -0.05) is 0 Å². The van der Waals surface area contributed by atoms with Crippen LogP contribution in [0.15, 0.2) is 24.5 Å². The van der Waals surface area contributed by atoms with Crippen LogP contribution >= 0.6 is 0 Å². The lowest BCUT2D eigenvalue weighted by Gasteiger charge is -2.26. The molecule has 2 atom stereocenters. The second kappa shape index (κ2) is 8.24. The molecule has 11 heteroatoms. The predicted octanol–water partition coefficient (Wildman–Crippen LogP) is 3.27. The van der Waals surface area contributed by atoms with Crippen molar-refractivity contribution in [1.82, 2.24) is 14.9 Å². The van der Waals surface area contributed by atoms with Crippen LogP contribution in [0.5, 0.6) is 5.88 Å². The first-order valence-electron chi connectivity index (χ1n) is 10.9. The van der Waals surface area contributed by atoms with Crippen molar-refractivity contribution in [2.24, 2.45) is 0 Å². The van der Waals surface area contributed by atoms with E-state index in [2.05, 4.69) is 15.3 Å². The highest BCUT2D eigenvalue weighted by atomic mass is 19.1. The SMILES string of the molecule is Cc1c(-c2cc3cc(N(C(=O)O)[C@H]4CN(C)C[C@H]4F)ncc3c(N)c2F)cnc2c1NCCO2. The second-order valence-corrected chi connectivity index (χ2v) is 8.62. The smallest absolute Gasteiger partial charge is 0.413 e. The molecule has 1 aromatic carbocycles. The van der Waals surface area contributed by atoms with E-state index in [1.165, 1.54) is 18.5 Å². The Morgan fingerprint density at radius 1 is 1.29 bits per heavy atom. The van der Waals surface area contributed by atoms with Gasteiger partial charge in [-0.15, -0.1) is 0 Å². The van der Waals surface area contributed by atoms with E-state index in [1.54, 1.807) is 18.0 Å². The molecule has 0 spiro atoms. The van der Waals surface area contributed by atoms with Gasteiger partial charge < -0.3 is 25.8 Å². The Morgan fingerprint density at radius 3 is 2.79 bits per heavy atom. The molecule has 2 aliphatic rings. The number of nitrogen functional groups attached to an aromatic ring is 1. The van der Waals surface area contributed by atoms with Crippen LogP contribution in [-0.2, 0) is 0 Å². The van der Waals surface area contributed by atoms with Crippen molar-refractivity contribution in [3.05, 3.63) is 35.9 Å². The minimum atomic E-state index is -1.36. The fourth-order valence-corrected chi connectivity index (χ4v) is 4.69. The minimum Gasteiger partial charge on any atom is -0.474 e. The summed E-state index contributed by atoms with van der Waals surface area (Å²) in [5.41, 5.74) is 8.19. The third kappa shape index (κ3) is 3.52. The van der Waals surface area contributed by atoms with Gasteiger partial charge in [-0.3, -0.25) is 4.90 Å². The molecule has 1 fully saturated rings. The Hall–Kier alpha value is -3.73. The van der Waals surface area contributed by atoms with Gasteiger partial charge in [0.1, 0.15) is 24.3 Å². The van der Waals surface area contributed by atoms with E-state index in [-0.39, 0.29) is 30.2 Å². The first kappa shape index (κ1) is 22.1. The van der Waals surface area contributed by atoms with Gasteiger partial charge in [0.25, 0.3) is 0 Å². The fraction of sp³-hybridized carbons (Fsp3) is 0.348. The lowest BCUT2D eigenvalue weighted by molar-refractivity contribution is 0.194. The van der Waals surface area contributed by atoms with Crippen molar-refractivity contribution < 1.29 is 23.4 Å². The number of aromatic nitrogens is 2. The number of amides is 1. The molecular formula is C23H24F2N6O3. The molecule has 1 saturated heterocycles. The van der Waals surface area contributed by atoms with E-state index < -0.39 is 24.1 Å². The van der Waals surface area contributed by atoms with Crippen LogP contribution in [0.1, 0.15) is 5.56 Å². The molecule has 5 rings (SSSR count). The lowest BCUT2D eigenvalue weighted by atomic mass is 9.97. The summed E-state index contributed by atoms with van der Waals surface area (Å²) < 4.78 is 35.5. The number of nitrogens with two attached hydrogens (primary N) is 1. The molecule has 2 aliphatic heterocycles. The zero-order valence-corrected chi connectivity index (χ0v) is 18.7. The van der Waals surface area contributed by atoms with E-state index in [1.807, 2.05) is 6.92 Å². The van der Waals surface area contributed by atoms with Crippen molar-refractivity contribution in [2.45, 2.75) is 19.1 Å². The summed E-state index contributed by atoms with van der Waals surface area (Å²) in [5.74, 6) is -0.122. The monoisotopic (exact) mass is 470 g/mol. The molecular weight excluding hydrogens is 446 g/mol. The molecule has 1 amide bonds. The van der Waals surface area contributed by atoms with Crippen molar-refractivity contribution in [1.29, 1.82) is 0 Å². The number of hydrogen-bond acceptors (Lipinski definition) is 7. The molecule has 9 nitrogen and oxygen atoms in total. The Morgan fingerprint density at radius 2 is 2.09 bits per heavy atom. The number of nitrogens with one attached hydrogen (secondary N) is 1. The molecule has 4 heterocycles. The number of likely N-dealkylation sites (N-methyl/N-ethyl adjacent to an activating group) is 1. The highest BCUT2D eigenvalue weighted by molar-refractivity contribution is 6.00. The maximum atomic E-state index is 15.4. The van der Waals surface area contributed by atoms with Gasteiger partial charge in [0.2, 0.25) is 5.88 Å². The summed E-state index contributed by atoms with van der Waals surface area (Å²) in [5, 5.41) is 13.9.